The quantitative estimate of drug-likeness (QED) is 0.722. The number of aryl methyl sites for hydroxylation is 3. The molecule has 0 fully saturated rings. The van der Waals surface area contributed by atoms with E-state index in [9.17, 15) is 0 Å². The maximum Gasteiger partial charge on any atom is 0.264 e. The fraction of sp³-hybridized carbons (Fsp3) is 0.222. The standard InChI is InChI=1S/C18H18N2O2/c1-12-5-4-6-15(9-12)18-19-17(22-20-18)11-21-16-8-7-13(2)14(3)10-16/h4-10H,11H2,1-3H3. The highest BCUT2D eigenvalue weighted by molar-refractivity contribution is 5.55. The number of hydrogen-bond acceptors (Lipinski definition) is 4. The summed E-state index contributed by atoms with van der Waals surface area (Å²) < 4.78 is 11.0. The van der Waals surface area contributed by atoms with Crippen molar-refractivity contribution in [1.29, 1.82) is 0 Å². The molecule has 4 nitrogen and oxygen atoms in total. The number of ether oxygens (including phenoxy) is 1. The molecule has 4 heteroatoms. The van der Waals surface area contributed by atoms with E-state index in [0.717, 1.165) is 16.9 Å². The summed E-state index contributed by atoms with van der Waals surface area (Å²) >= 11 is 0. The molecule has 0 unspecified atom stereocenters. The van der Waals surface area contributed by atoms with E-state index in [1.807, 2.05) is 49.4 Å². The summed E-state index contributed by atoms with van der Waals surface area (Å²) in [6, 6.07) is 14.0. The molecule has 0 spiro atoms. The molecule has 2 aromatic carbocycles. The van der Waals surface area contributed by atoms with Gasteiger partial charge in [-0.25, -0.2) is 0 Å². The first-order valence-corrected chi connectivity index (χ1v) is 7.21. The van der Waals surface area contributed by atoms with Crippen molar-refractivity contribution >= 4 is 0 Å². The van der Waals surface area contributed by atoms with Crippen molar-refractivity contribution in [2.45, 2.75) is 27.4 Å². The second kappa shape index (κ2) is 6.02. The van der Waals surface area contributed by atoms with E-state index in [0.29, 0.717) is 11.7 Å². The van der Waals surface area contributed by atoms with Crippen LogP contribution in [0, 0.1) is 20.8 Å². The molecule has 0 radical (unpaired) electrons. The number of hydrogen-bond donors (Lipinski definition) is 0. The van der Waals surface area contributed by atoms with Crippen molar-refractivity contribution in [1.82, 2.24) is 10.1 Å². The molecule has 3 rings (SSSR count). The molecule has 1 aromatic heterocycles. The Morgan fingerprint density at radius 1 is 1.00 bits per heavy atom. The molecule has 0 N–H and O–H groups in total. The minimum absolute atomic E-state index is 0.265. The van der Waals surface area contributed by atoms with Crippen LogP contribution in [0.3, 0.4) is 0 Å². The molecule has 3 aromatic rings. The van der Waals surface area contributed by atoms with Crippen LogP contribution >= 0.6 is 0 Å². The third-order valence-electron chi connectivity index (χ3n) is 3.59. The Labute approximate surface area is 129 Å². The van der Waals surface area contributed by atoms with Crippen LogP contribution in [-0.4, -0.2) is 10.1 Å². The van der Waals surface area contributed by atoms with Gasteiger partial charge in [0.15, 0.2) is 6.61 Å². The van der Waals surface area contributed by atoms with Crippen LogP contribution in [0.1, 0.15) is 22.6 Å². The minimum atomic E-state index is 0.265. The van der Waals surface area contributed by atoms with E-state index in [-0.39, 0.29) is 6.61 Å². The van der Waals surface area contributed by atoms with Crippen molar-refractivity contribution in [3.8, 4) is 17.1 Å². The molecule has 0 saturated carbocycles. The zero-order valence-electron chi connectivity index (χ0n) is 13.0. The van der Waals surface area contributed by atoms with Gasteiger partial charge in [-0.05, 0) is 50.1 Å². The Bertz CT molecular complexity index is 793. The first-order chi connectivity index (χ1) is 10.6. The molecule has 22 heavy (non-hydrogen) atoms. The average Bonchev–Trinajstić information content (AvgIpc) is 2.97. The second-order valence-electron chi connectivity index (χ2n) is 5.42. The van der Waals surface area contributed by atoms with Gasteiger partial charge in [-0.1, -0.05) is 35.0 Å². The average molecular weight is 294 g/mol. The molecule has 0 aliphatic heterocycles. The Morgan fingerprint density at radius 2 is 1.86 bits per heavy atom. The maximum atomic E-state index is 5.70. The molecule has 0 saturated heterocycles. The van der Waals surface area contributed by atoms with Gasteiger partial charge >= 0.3 is 0 Å². The maximum absolute atomic E-state index is 5.70. The smallest absolute Gasteiger partial charge is 0.264 e. The largest absolute Gasteiger partial charge is 0.484 e. The van der Waals surface area contributed by atoms with Crippen molar-refractivity contribution in [3.05, 3.63) is 65.0 Å². The lowest BCUT2D eigenvalue weighted by atomic mass is 10.1. The van der Waals surface area contributed by atoms with Gasteiger partial charge in [0.1, 0.15) is 5.75 Å². The lowest BCUT2D eigenvalue weighted by Crippen LogP contribution is -1.96. The van der Waals surface area contributed by atoms with Crippen LogP contribution in [0.2, 0.25) is 0 Å². The Hall–Kier alpha value is -2.62. The molecule has 0 bridgehead atoms. The lowest BCUT2D eigenvalue weighted by molar-refractivity contribution is 0.243. The first kappa shape index (κ1) is 14.3. The molecule has 0 aliphatic rings. The van der Waals surface area contributed by atoms with Crippen molar-refractivity contribution in [2.75, 3.05) is 0 Å². The Balaban J connectivity index is 1.70. The summed E-state index contributed by atoms with van der Waals surface area (Å²) in [6.07, 6.45) is 0. The van der Waals surface area contributed by atoms with Gasteiger partial charge in [0.05, 0.1) is 0 Å². The Morgan fingerprint density at radius 3 is 2.64 bits per heavy atom. The SMILES string of the molecule is Cc1cccc(-c2noc(COc3ccc(C)c(C)c3)n2)c1. The number of aromatic nitrogens is 2. The molecule has 0 atom stereocenters. The van der Waals surface area contributed by atoms with E-state index >= 15 is 0 Å². The zero-order valence-corrected chi connectivity index (χ0v) is 13.0. The highest BCUT2D eigenvalue weighted by atomic mass is 16.5. The predicted molar refractivity (Wildman–Crippen MR) is 84.7 cm³/mol. The molecular formula is C18H18N2O2. The van der Waals surface area contributed by atoms with Crippen LogP contribution in [0.5, 0.6) is 5.75 Å². The van der Waals surface area contributed by atoms with E-state index in [1.165, 1.54) is 11.1 Å². The van der Waals surface area contributed by atoms with E-state index in [1.54, 1.807) is 0 Å². The molecule has 0 aliphatic carbocycles. The van der Waals surface area contributed by atoms with Crippen LogP contribution in [-0.2, 0) is 6.61 Å². The van der Waals surface area contributed by atoms with E-state index in [4.69, 9.17) is 9.26 Å². The van der Waals surface area contributed by atoms with Gasteiger partial charge in [-0.3, -0.25) is 0 Å². The first-order valence-electron chi connectivity index (χ1n) is 7.21. The van der Waals surface area contributed by atoms with Gasteiger partial charge in [-0.2, -0.15) is 4.98 Å². The van der Waals surface area contributed by atoms with Gasteiger partial charge in [0.2, 0.25) is 5.82 Å². The summed E-state index contributed by atoms with van der Waals surface area (Å²) in [5.41, 5.74) is 4.55. The number of rotatable bonds is 4. The van der Waals surface area contributed by atoms with Gasteiger partial charge in [-0.15, -0.1) is 0 Å². The minimum Gasteiger partial charge on any atom is -0.484 e. The number of benzene rings is 2. The summed E-state index contributed by atoms with van der Waals surface area (Å²) in [4.78, 5) is 4.37. The van der Waals surface area contributed by atoms with Gasteiger partial charge in [0.25, 0.3) is 5.89 Å². The van der Waals surface area contributed by atoms with Gasteiger partial charge in [0, 0.05) is 5.56 Å². The number of nitrogens with zero attached hydrogens (tertiary/aromatic N) is 2. The van der Waals surface area contributed by atoms with E-state index in [2.05, 4.69) is 24.0 Å². The highest BCUT2D eigenvalue weighted by Crippen LogP contribution is 2.19. The molecule has 1 heterocycles. The second-order valence-corrected chi connectivity index (χ2v) is 5.42. The third-order valence-corrected chi connectivity index (χ3v) is 3.59. The van der Waals surface area contributed by atoms with Crippen LogP contribution in [0.15, 0.2) is 47.0 Å². The van der Waals surface area contributed by atoms with Gasteiger partial charge < -0.3 is 9.26 Å². The third kappa shape index (κ3) is 3.17. The lowest BCUT2D eigenvalue weighted by Gasteiger charge is -2.05. The van der Waals surface area contributed by atoms with Crippen molar-refractivity contribution < 1.29 is 9.26 Å². The Kier molecular flexibility index (Phi) is 3.92. The molecule has 0 amide bonds. The monoisotopic (exact) mass is 294 g/mol. The van der Waals surface area contributed by atoms with Crippen LogP contribution in [0.4, 0.5) is 0 Å². The summed E-state index contributed by atoms with van der Waals surface area (Å²) in [6.45, 7) is 6.44. The zero-order chi connectivity index (χ0) is 15.5. The summed E-state index contributed by atoms with van der Waals surface area (Å²) in [7, 11) is 0. The normalized spacial score (nSPS) is 10.7. The topological polar surface area (TPSA) is 48.2 Å². The summed E-state index contributed by atoms with van der Waals surface area (Å²) in [5.74, 6) is 1.86. The van der Waals surface area contributed by atoms with Crippen molar-refractivity contribution in [2.24, 2.45) is 0 Å². The predicted octanol–water partition coefficient (Wildman–Crippen LogP) is 4.24. The van der Waals surface area contributed by atoms with Crippen molar-refractivity contribution in [3.63, 3.8) is 0 Å². The fourth-order valence-corrected chi connectivity index (χ4v) is 2.16. The fourth-order valence-electron chi connectivity index (χ4n) is 2.16. The summed E-state index contributed by atoms with van der Waals surface area (Å²) in [5, 5.41) is 4.01. The van der Waals surface area contributed by atoms with Crippen LogP contribution in [0.25, 0.3) is 11.4 Å². The molecule has 112 valence electrons. The van der Waals surface area contributed by atoms with Crippen LogP contribution < -0.4 is 4.74 Å². The van der Waals surface area contributed by atoms with E-state index < -0.39 is 0 Å². The molecular weight excluding hydrogens is 276 g/mol. The highest BCUT2D eigenvalue weighted by Gasteiger charge is 2.09.